The first kappa shape index (κ1) is 14.0. The molecule has 0 spiro atoms. The number of halogens is 1. The van der Waals surface area contributed by atoms with Crippen molar-refractivity contribution in [1.82, 2.24) is 0 Å². The normalized spacial score (nSPS) is 10.9. The van der Waals surface area contributed by atoms with E-state index in [1.165, 1.54) is 0 Å². The molecule has 0 aromatic heterocycles. The van der Waals surface area contributed by atoms with E-state index in [9.17, 15) is 9.59 Å². The average molecular weight is 267 g/mol. The first-order valence-electron chi connectivity index (χ1n) is 5.02. The van der Waals surface area contributed by atoms with E-state index in [1.54, 1.807) is 37.3 Å². The summed E-state index contributed by atoms with van der Waals surface area (Å²) in [6, 6.07) is 6.89. The number of carboxylic acids is 2. The van der Waals surface area contributed by atoms with E-state index in [-0.39, 0.29) is 0 Å². The Balaban J connectivity index is 3.03. The van der Waals surface area contributed by atoms with E-state index in [4.69, 9.17) is 21.8 Å². The minimum atomic E-state index is -1.47. The summed E-state index contributed by atoms with van der Waals surface area (Å²) in [4.78, 5) is 21.4. The maximum Gasteiger partial charge on any atom is 0.343 e. The van der Waals surface area contributed by atoms with Gasteiger partial charge in [-0.05, 0) is 36.3 Å². The molecule has 1 rings (SSSR count). The average Bonchev–Trinajstić information content (AvgIpc) is 2.28. The number of benzene rings is 1. The van der Waals surface area contributed by atoms with Crippen LogP contribution in [0.25, 0.3) is 6.08 Å². The van der Waals surface area contributed by atoms with Crippen molar-refractivity contribution in [3.63, 3.8) is 0 Å². The Morgan fingerprint density at radius 2 is 1.61 bits per heavy atom. The van der Waals surface area contributed by atoms with E-state index in [0.29, 0.717) is 10.6 Å². The zero-order valence-corrected chi connectivity index (χ0v) is 10.3. The van der Waals surface area contributed by atoms with Crippen molar-refractivity contribution in [1.29, 1.82) is 0 Å². The van der Waals surface area contributed by atoms with E-state index < -0.39 is 17.5 Å². The molecular formula is C13H11ClO4. The second-order valence-corrected chi connectivity index (χ2v) is 4.04. The minimum Gasteiger partial charge on any atom is -0.477 e. The molecule has 2 N–H and O–H groups in total. The van der Waals surface area contributed by atoms with Gasteiger partial charge in [0.1, 0.15) is 5.57 Å². The Labute approximate surface area is 109 Å². The summed E-state index contributed by atoms with van der Waals surface area (Å²) < 4.78 is 0. The number of hydrogen-bond acceptors (Lipinski definition) is 2. The lowest BCUT2D eigenvalue weighted by Crippen LogP contribution is -2.11. The van der Waals surface area contributed by atoms with Gasteiger partial charge in [0.25, 0.3) is 0 Å². The molecule has 0 heterocycles. The molecule has 0 bridgehead atoms. The highest BCUT2D eigenvalue weighted by Gasteiger charge is 2.15. The molecule has 1 aromatic rings. The Hall–Kier alpha value is -2.07. The van der Waals surface area contributed by atoms with Gasteiger partial charge in [0.05, 0.1) is 0 Å². The van der Waals surface area contributed by atoms with Crippen molar-refractivity contribution in [2.45, 2.75) is 6.92 Å². The van der Waals surface area contributed by atoms with E-state index >= 15 is 0 Å². The zero-order chi connectivity index (χ0) is 13.7. The van der Waals surface area contributed by atoms with Crippen molar-refractivity contribution < 1.29 is 19.8 Å². The summed E-state index contributed by atoms with van der Waals surface area (Å²) in [5, 5.41) is 18.0. The molecule has 0 saturated heterocycles. The van der Waals surface area contributed by atoms with Crippen LogP contribution in [0.1, 0.15) is 12.5 Å². The maximum atomic E-state index is 10.7. The first-order valence-corrected chi connectivity index (χ1v) is 5.40. The fourth-order valence-corrected chi connectivity index (χ4v) is 1.43. The quantitative estimate of drug-likeness (QED) is 0.380. The fraction of sp³-hybridized carbons (Fsp3) is 0.0769. The topological polar surface area (TPSA) is 74.6 Å². The van der Waals surface area contributed by atoms with Gasteiger partial charge in [0.15, 0.2) is 0 Å². The van der Waals surface area contributed by atoms with Crippen molar-refractivity contribution in [3.8, 4) is 0 Å². The van der Waals surface area contributed by atoms with Crippen molar-refractivity contribution in [2.24, 2.45) is 0 Å². The molecule has 0 aliphatic rings. The number of rotatable bonds is 4. The van der Waals surface area contributed by atoms with Gasteiger partial charge >= 0.3 is 11.9 Å². The third-order valence-corrected chi connectivity index (χ3v) is 2.35. The predicted octanol–water partition coefficient (Wildman–Crippen LogP) is 2.84. The highest BCUT2D eigenvalue weighted by Crippen LogP contribution is 2.13. The Morgan fingerprint density at radius 1 is 1.11 bits per heavy atom. The lowest BCUT2D eigenvalue weighted by Gasteiger charge is -1.98. The standard InChI is InChI=1S/C13H11ClO4/c1-8(7-11(12(15)16)13(17)18)6-9-2-4-10(14)5-3-9/h2-7H,1H3,(H,15,16)(H,17,18)/b8-6+. The van der Waals surface area contributed by atoms with Crippen LogP contribution >= 0.6 is 11.6 Å². The Morgan fingerprint density at radius 3 is 2.06 bits per heavy atom. The summed E-state index contributed by atoms with van der Waals surface area (Å²) in [5.74, 6) is -2.93. The predicted molar refractivity (Wildman–Crippen MR) is 68.5 cm³/mol. The van der Waals surface area contributed by atoms with Crippen LogP contribution in [0.15, 0.2) is 41.5 Å². The first-order chi connectivity index (χ1) is 8.40. The Bertz CT molecular complexity index is 510. The van der Waals surface area contributed by atoms with Gasteiger partial charge < -0.3 is 10.2 Å². The van der Waals surface area contributed by atoms with Crippen LogP contribution in [0, 0.1) is 0 Å². The zero-order valence-electron chi connectivity index (χ0n) is 9.55. The van der Waals surface area contributed by atoms with Gasteiger partial charge in [-0.3, -0.25) is 0 Å². The van der Waals surface area contributed by atoms with Crippen LogP contribution in [0.2, 0.25) is 5.02 Å². The summed E-state index contributed by atoms with van der Waals surface area (Å²) in [5.41, 5.74) is 0.665. The minimum absolute atomic E-state index is 0.525. The molecule has 5 heteroatoms. The highest BCUT2D eigenvalue weighted by atomic mass is 35.5. The molecule has 94 valence electrons. The van der Waals surface area contributed by atoms with Crippen molar-refractivity contribution in [3.05, 3.63) is 52.1 Å². The number of carboxylic acid groups (broad SMARTS) is 2. The summed E-state index contributed by atoms with van der Waals surface area (Å²) in [7, 11) is 0. The van der Waals surface area contributed by atoms with Crippen molar-refractivity contribution in [2.75, 3.05) is 0 Å². The summed E-state index contributed by atoms with van der Waals surface area (Å²) >= 11 is 5.73. The van der Waals surface area contributed by atoms with Gasteiger partial charge in [-0.1, -0.05) is 29.8 Å². The molecule has 1 aromatic carbocycles. The lowest BCUT2D eigenvalue weighted by molar-refractivity contribution is -0.140. The number of aliphatic carboxylic acids is 2. The van der Waals surface area contributed by atoms with Crippen LogP contribution in [0.3, 0.4) is 0 Å². The fourth-order valence-electron chi connectivity index (χ4n) is 1.31. The third kappa shape index (κ3) is 4.07. The Kier molecular flexibility index (Phi) is 4.68. The van der Waals surface area contributed by atoms with Gasteiger partial charge in [0, 0.05) is 5.02 Å². The molecule has 0 atom stereocenters. The van der Waals surface area contributed by atoms with Crippen LogP contribution in [-0.2, 0) is 9.59 Å². The second-order valence-electron chi connectivity index (χ2n) is 3.61. The van der Waals surface area contributed by atoms with Gasteiger partial charge in [-0.15, -0.1) is 0 Å². The molecule has 18 heavy (non-hydrogen) atoms. The van der Waals surface area contributed by atoms with Crippen LogP contribution < -0.4 is 0 Å². The molecule has 0 aliphatic heterocycles. The molecular weight excluding hydrogens is 256 g/mol. The highest BCUT2D eigenvalue weighted by molar-refractivity contribution is 6.30. The summed E-state index contributed by atoms with van der Waals surface area (Å²) in [6.45, 7) is 1.63. The number of hydrogen-bond donors (Lipinski definition) is 2. The summed E-state index contributed by atoms with van der Waals surface area (Å²) in [6.07, 6.45) is 2.78. The monoisotopic (exact) mass is 266 g/mol. The van der Waals surface area contributed by atoms with Crippen LogP contribution in [0.5, 0.6) is 0 Å². The maximum absolute atomic E-state index is 10.7. The van der Waals surface area contributed by atoms with E-state index in [0.717, 1.165) is 11.6 Å². The molecule has 0 fully saturated rings. The molecule has 0 radical (unpaired) electrons. The number of carbonyl (C=O) groups is 2. The molecule has 4 nitrogen and oxygen atoms in total. The lowest BCUT2D eigenvalue weighted by atomic mass is 10.1. The van der Waals surface area contributed by atoms with Crippen molar-refractivity contribution >= 4 is 29.6 Å². The van der Waals surface area contributed by atoms with E-state index in [2.05, 4.69) is 0 Å². The number of allylic oxidation sites excluding steroid dienone is 2. The molecule has 0 unspecified atom stereocenters. The molecule has 0 saturated carbocycles. The SMILES string of the molecule is C/C(C=C(C(=O)O)C(=O)O)=C\c1ccc(Cl)cc1. The smallest absolute Gasteiger partial charge is 0.343 e. The van der Waals surface area contributed by atoms with Gasteiger partial charge in [0.2, 0.25) is 0 Å². The molecule has 0 amide bonds. The second kappa shape index (κ2) is 6.02. The van der Waals surface area contributed by atoms with Gasteiger partial charge in [-0.2, -0.15) is 0 Å². The van der Waals surface area contributed by atoms with Crippen LogP contribution in [0.4, 0.5) is 0 Å². The van der Waals surface area contributed by atoms with Gasteiger partial charge in [-0.25, -0.2) is 9.59 Å². The largest absolute Gasteiger partial charge is 0.477 e. The van der Waals surface area contributed by atoms with E-state index in [1.807, 2.05) is 0 Å². The third-order valence-electron chi connectivity index (χ3n) is 2.10. The van der Waals surface area contributed by atoms with Crippen LogP contribution in [-0.4, -0.2) is 22.2 Å². The molecule has 0 aliphatic carbocycles.